The zero-order chi connectivity index (χ0) is 20.4. The maximum atomic E-state index is 13.3. The molecule has 0 spiro atoms. The Morgan fingerprint density at radius 1 is 1.17 bits per heavy atom. The zero-order valence-electron chi connectivity index (χ0n) is 16.2. The fourth-order valence-corrected chi connectivity index (χ4v) is 4.02. The summed E-state index contributed by atoms with van der Waals surface area (Å²) in [7, 11) is 1.66. The number of anilines is 1. The van der Waals surface area contributed by atoms with Gasteiger partial charge < -0.3 is 15.0 Å². The van der Waals surface area contributed by atoms with Gasteiger partial charge in [-0.1, -0.05) is 0 Å². The SMILES string of the molecule is COc1ccc2[nH]cc(C3CCN(CC(=O)Nc4cc(F)cc(F)c4)CC3)c2c1. The summed E-state index contributed by atoms with van der Waals surface area (Å²) in [5.41, 5.74) is 2.50. The number of nitrogens with zero attached hydrogens (tertiary/aromatic N) is 1. The van der Waals surface area contributed by atoms with Crippen molar-refractivity contribution < 1.29 is 18.3 Å². The molecule has 1 aromatic heterocycles. The van der Waals surface area contributed by atoms with E-state index in [1.807, 2.05) is 12.1 Å². The predicted octanol–water partition coefficient (Wildman–Crippen LogP) is 4.27. The molecule has 3 aromatic rings. The third-order valence-electron chi connectivity index (χ3n) is 5.46. The minimum atomic E-state index is -0.712. The Morgan fingerprint density at radius 2 is 1.90 bits per heavy atom. The highest BCUT2D eigenvalue weighted by atomic mass is 19.1. The van der Waals surface area contributed by atoms with Crippen LogP contribution in [0.4, 0.5) is 14.5 Å². The number of rotatable bonds is 5. The van der Waals surface area contributed by atoms with Crippen molar-refractivity contribution in [1.82, 2.24) is 9.88 Å². The van der Waals surface area contributed by atoms with Crippen LogP contribution in [0, 0.1) is 11.6 Å². The standard InChI is InChI=1S/C22H23F2N3O2/c1-29-18-2-3-21-19(11-18)20(12-25-21)14-4-6-27(7-5-14)13-22(28)26-17-9-15(23)8-16(24)10-17/h2-3,8-12,14,25H,4-7,13H2,1H3,(H,26,28). The first-order chi connectivity index (χ1) is 14.0. The summed E-state index contributed by atoms with van der Waals surface area (Å²) in [5, 5.41) is 3.74. The van der Waals surface area contributed by atoms with E-state index in [2.05, 4.69) is 27.5 Å². The summed E-state index contributed by atoms with van der Waals surface area (Å²) < 4.78 is 31.9. The van der Waals surface area contributed by atoms with Crippen LogP contribution in [0.3, 0.4) is 0 Å². The number of nitrogens with one attached hydrogen (secondary N) is 2. The monoisotopic (exact) mass is 399 g/mol. The molecule has 0 bridgehead atoms. The molecule has 5 nitrogen and oxygen atoms in total. The number of fused-ring (bicyclic) bond motifs is 1. The lowest BCUT2D eigenvalue weighted by Gasteiger charge is -2.31. The summed E-state index contributed by atoms with van der Waals surface area (Å²) in [4.78, 5) is 17.6. The highest BCUT2D eigenvalue weighted by molar-refractivity contribution is 5.92. The molecule has 0 radical (unpaired) electrons. The average Bonchev–Trinajstić information content (AvgIpc) is 3.10. The van der Waals surface area contributed by atoms with Crippen molar-refractivity contribution in [2.75, 3.05) is 32.1 Å². The lowest BCUT2D eigenvalue weighted by molar-refractivity contribution is -0.117. The van der Waals surface area contributed by atoms with Crippen LogP contribution in [0.15, 0.2) is 42.6 Å². The Bertz CT molecular complexity index is 1010. The second-order valence-electron chi connectivity index (χ2n) is 7.41. The number of carbonyl (C=O) groups is 1. The Hall–Kier alpha value is -2.93. The number of amides is 1. The maximum Gasteiger partial charge on any atom is 0.238 e. The zero-order valence-corrected chi connectivity index (χ0v) is 16.2. The molecule has 1 aliphatic rings. The number of likely N-dealkylation sites (tertiary alicyclic amines) is 1. The molecule has 0 unspecified atom stereocenters. The molecule has 0 aliphatic carbocycles. The number of halogens is 2. The van der Waals surface area contributed by atoms with Crippen molar-refractivity contribution in [2.24, 2.45) is 0 Å². The van der Waals surface area contributed by atoms with Crippen LogP contribution in [0.1, 0.15) is 24.3 Å². The molecule has 1 amide bonds. The second kappa shape index (κ2) is 8.21. The number of methoxy groups -OCH3 is 1. The first kappa shape index (κ1) is 19.4. The Kier molecular flexibility index (Phi) is 5.49. The topological polar surface area (TPSA) is 57.4 Å². The second-order valence-corrected chi connectivity index (χ2v) is 7.41. The van der Waals surface area contributed by atoms with Crippen LogP contribution in [-0.2, 0) is 4.79 Å². The number of piperidine rings is 1. The molecule has 7 heteroatoms. The van der Waals surface area contributed by atoms with Gasteiger partial charge in [0, 0.05) is 28.9 Å². The Balaban J connectivity index is 1.35. The first-order valence-corrected chi connectivity index (χ1v) is 9.65. The summed E-state index contributed by atoms with van der Waals surface area (Å²) in [6.07, 6.45) is 3.94. The third kappa shape index (κ3) is 4.40. The van der Waals surface area contributed by atoms with Crippen LogP contribution in [0.2, 0.25) is 0 Å². The number of benzene rings is 2. The fourth-order valence-electron chi connectivity index (χ4n) is 4.02. The van der Waals surface area contributed by atoms with Gasteiger partial charge in [-0.15, -0.1) is 0 Å². The van der Waals surface area contributed by atoms with Crippen molar-refractivity contribution in [2.45, 2.75) is 18.8 Å². The molecular weight excluding hydrogens is 376 g/mol. The lowest BCUT2D eigenvalue weighted by atomic mass is 9.89. The van der Waals surface area contributed by atoms with Crippen LogP contribution in [0.5, 0.6) is 5.75 Å². The van der Waals surface area contributed by atoms with Gasteiger partial charge in [-0.3, -0.25) is 9.69 Å². The largest absolute Gasteiger partial charge is 0.497 e. The Labute approximate surface area is 167 Å². The van der Waals surface area contributed by atoms with Gasteiger partial charge in [0.25, 0.3) is 0 Å². The quantitative estimate of drug-likeness (QED) is 0.674. The molecule has 1 fully saturated rings. The Morgan fingerprint density at radius 3 is 2.59 bits per heavy atom. The van der Waals surface area contributed by atoms with E-state index in [0.29, 0.717) is 5.92 Å². The number of aromatic nitrogens is 1. The number of hydrogen-bond acceptors (Lipinski definition) is 3. The summed E-state index contributed by atoms with van der Waals surface area (Å²) in [5.74, 6) is -0.452. The van der Waals surface area contributed by atoms with Crippen molar-refractivity contribution in [3.8, 4) is 5.75 Å². The van der Waals surface area contributed by atoms with E-state index in [0.717, 1.165) is 55.4 Å². The minimum absolute atomic E-state index is 0.134. The minimum Gasteiger partial charge on any atom is -0.497 e. The summed E-state index contributed by atoms with van der Waals surface area (Å²) in [6.45, 7) is 1.77. The van der Waals surface area contributed by atoms with E-state index in [1.54, 1.807) is 7.11 Å². The molecular formula is C22H23F2N3O2. The number of carbonyl (C=O) groups excluding carboxylic acids is 1. The molecule has 2 aromatic carbocycles. The maximum absolute atomic E-state index is 13.3. The normalized spacial score (nSPS) is 15.6. The number of H-pyrrole nitrogens is 1. The number of aromatic amines is 1. The summed E-state index contributed by atoms with van der Waals surface area (Å²) >= 11 is 0. The van der Waals surface area contributed by atoms with Gasteiger partial charge in [0.2, 0.25) is 5.91 Å². The van der Waals surface area contributed by atoms with Gasteiger partial charge >= 0.3 is 0 Å². The van der Waals surface area contributed by atoms with Crippen LogP contribution in [-0.4, -0.2) is 42.5 Å². The van der Waals surface area contributed by atoms with Gasteiger partial charge in [0.1, 0.15) is 17.4 Å². The van der Waals surface area contributed by atoms with Gasteiger partial charge in [0.05, 0.1) is 13.7 Å². The molecule has 0 atom stereocenters. The highest BCUT2D eigenvalue weighted by Gasteiger charge is 2.24. The smallest absolute Gasteiger partial charge is 0.238 e. The third-order valence-corrected chi connectivity index (χ3v) is 5.46. The van der Waals surface area contributed by atoms with Crippen LogP contribution in [0.25, 0.3) is 10.9 Å². The predicted molar refractivity (Wildman–Crippen MR) is 108 cm³/mol. The molecule has 2 N–H and O–H groups in total. The van der Waals surface area contributed by atoms with E-state index in [9.17, 15) is 13.6 Å². The summed E-state index contributed by atoms with van der Waals surface area (Å²) in [6, 6.07) is 9.01. The molecule has 29 heavy (non-hydrogen) atoms. The molecule has 1 saturated heterocycles. The van der Waals surface area contributed by atoms with E-state index in [1.165, 1.54) is 10.9 Å². The van der Waals surface area contributed by atoms with E-state index in [4.69, 9.17) is 4.74 Å². The highest BCUT2D eigenvalue weighted by Crippen LogP contribution is 2.34. The van der Waals surface area contributed by atoms with Crippen molar-refractivity contribution >= 4 is 22.5 Å². The molecule has 1 aliphatic heterocycles. The van der Waals surface area contributed by atoms with Crippen molar-refractivity contribution in [3.63, 3.8) is 0 Å². The van der Waals surface area contributed by atoms with Gasteiger partial charge in [-0.2, -0.15) is 0 Å². The van der Waals surface area contributed by atoms with Gasteiger partial charge in [-0.25, -0.2) is 8.78 Å². The fraction of sp³-hybridized carbons (Fsp3) is 0.318. The van der Waals surface area contributed by atoms with Gasteiger partial charge in [-0.05, 0) is 67.7 Å². The number of ether oxygens (including phenoxy) is 1. The van der Waals surface area contributed by atoms with Crippen LogP contribution >= 0.6 is 0 Å². The average molecular weight is 399 g/mol. The molecule has 4 rings (SSSR count). The van der Waals surface area contributed by atoms with Crippen molar-refractivity contribution in [3.05, 3.63) is 59.8 Å². The van der Waals surface area contributed by atoms with E-state index >= 15 is 0 Å². The van der Waals surface area contributed by atoms with E-state index < -0.39 is 11.6 Å². The molecule has 0 saturated carbocycles. The van der Waals surface area contributed by atoms with E-state index in [-0.39, 0.29) is 18.1 Å². The molecule has 2 heterocycles. The molecule has 152 valence electrons. The number of hydrogen-bond donors (Lipinski definition) is 2. The van der Waals surface area contributed by atoms with Crippen LogP contribution < -0.4 is 10.1 Å². The first-order valence-electron chi connectivity index (χ1n) is 9.65. The lowest BCUT2D eigenvalue weighted by Crippen LogP contribution is -2.38. The van der Waals surface area contributed by atoms with Gasteiger partial charge in [0.15, 0.2) is 0 Å². The van der Waals surface area contributed by atoms with Crippen molar-refractivity contribution in [1.29, 1.82) is 0 Å².